The molecule has 0 aliphatic rings. The summed E-state index contributed by atoms with van der Waals surface area (Å²) in [7, 11) is 0. The first-order valence-corrected chi connectivity index (χ1v) is 7.25. The lowest BCUT2D eigenvalue weighted by atomic mass is 10.1. The average Bonchev–Trinajstić information content (AvgIpc) is 2.46. The molecule has 0 amide bonds. The molecule has 4 nitrogen and oxygen atoms in total. The quantitative estimate of drug-likeness (QED) is 0.886. The van der Waals surface area contributed by atoms with Crippen molar-refractivity contribution in [3.05, 3.63) is 54.1 Å². The minimum atomic E-state index is 0.0705. The summed E-state index contributed by atoms with van der Waals surface area (Å²) in [4.78, 5) is 8.48. The molecule has 4 heteroatoms. The molecule has 0 bridgehead atoms. The maximum absolute atomic E-state index is 5.89. The number of rotatable bonds is 6. The molecule has 2 aromatic heterocycles. The van der Waals surface area contributed by atoms with Gasteiger partial charge in [-0.15, -0.1) is 0 Å². The van der Waals surface area contributed by atoms with E-state index in [1.54, 1.807) is 12.4 Å². The van der Waals surface area contributed by atoms with Crippen LogP contribution < -0.4 is 10.1 Å². The smallest absolute Gasteiger partial charge is 0.126 e. The van der Waals surface area contributed by atoms with Crippen LogP contribution in [-0.2, 0) is 13.0 Å². The van der Waals surface area contributed by atoms with E-state index in [2.05, 4.69) is 36.1 Å². The number of aromatic nitrogens is 2. The first-order valence-electron chi connectivity index (χ1n) is 7.25. The van der Waals surface area contributed by atoms with Gasteiger partial charge in [-0.05, 0) is 39.0 Å². The van der Waals surface area contributed by atoms with Crippen LogP contribution in [0.4, 0.5) is 0 Å². The molecule has 0 radical (unpaired) electrons. The van der Waals surface area contributed by atoms with Crippen LogP contribution in [0.15, 0.2) is 42.9 Å². The third-order valence-electron chi connectivity index (χ3n) is 3.01. The molecule has 0 atom stereocenters. The average molecular weight is 285 g/mol. The maximum atomic E-state index is 5.89. The van der Waals surface area contributed by atoms with Gasteiger partial charge in [0.25, 0.3) is 0 Å². The van der Waals surface area contributed by atoms with Crippen LogP contribution in [-0.4, -0.2) is 22.1 Å². The summed E-state index contributed by atoms with van der Waals surface area (Å²) < 4.78 is 5.89. The Morgan fingerprint density at radius 1 is 1.14 bits per heavy atom. The van der Waals surface area contributed by atoms with E-state index in [1.807, 2.05) is 30.5 Å². The SMILES string of the molecule is CC(C)(C)NCc1cnccc1OCCc1ccccn1. The zero-order chi connectivity index (χ0) is 15.1. The van der Waals surface area contributed by atoms with E-state index >= 15 is 0 Å². The molecular weight excluding hydrogens is 262 g/mol. The Morgan fingerprint density at radius 2 is 2.00 bits per heavy atom. The fraction of sp³-hybridized carbons (Fsp3) is 0.412. The van der Waals surface area contributed by atoms with Crippen LogP contribution in [0.2, 0.25) is 0 Å². The maximum Gasteiger partial charge on any atom is 0.126 e. The lowest BCUT2D eigenvalue weighted by molar-refractivity contribution is 0.313. The van der Waals surface area contributed by atoms with Gasteiger partial charge in [-0.25, -0.2) is 0 Å². The van der Waals surface area contributed by atoms with E-state index in [1.165, 1.54) is 0 Å². The Balaban J connectivity index is 1.90. The predicted octanol–water partition coefficient (Wildman–Crippen LogP) is 2.99. The van der Waals surface area contributed by atoms with Crippen molar-refractivity contribution in [2.75, 3.05) is 6.61 Å². The second-order valence-electron chi connectivity index (χ2n) is 6.01. The Hall–Kier alpha value is -1.94. The van der Waals surface area contributed by atoms with Crippen molar-refractivity contribution in [2.24, 2.45) is 0 Å². The zero-order valence-corrected chi connectivity index (χ0v) is 13.0. The van der Waals surface area contributed by atoms with Crippen LogP contribution in [0.5, 0.6) is 5.75 Å². The topological polar surface area (TPSA) is 47.0 Å². The molecule has 2 rings (SSSR count). The molecule has 0 fully saturated rings. The molecule has 112 valence electrons. The fourth-order valence-electron chi connectivity index (χ4n) is 1.86. The van der Waals surface area contributed by atoms with E-state index in [9.17, 15) is 0 Å². The second kappa shape index (κ2) is 7.18. The normalized spacial score (nSPS) is 11.4. The summed E-state index contributed by atoms with van der Waals surface area (Å²) in [6, 6.07) is 7.84. The zero-order valence-electron chi connectivity index (χ0n) is 13.0. The minimum absolute atomic E-state index is 0.0705. The third kappa shape index (κ3) is 5.52. The van der Waals surface area contributed by atoms with Gasteiger partial charge in [-0.1, -0.05) is 6.07 Å². The van der Waals surface area contributed by atoms with Crippen LogP contribution in [0.3, 0.4) is 0 Å². The van der Waals surface area contributed by atoms with E-state index in [4.69, 9.17) is 4.74 Å². The van der Waals surface area contributed by atoms with Gasteiger partial charge in [0.15, 0.2) is 0 Å². The summed E-state index contributed by atoms with van der Waals surface area (Å²) in [5.41, 5.74) is 2.19. The first-order chi connectivity index (χ1) is 10.0. The van der Waals surface area contributed by atoms with Gasteiger partial charge < -0.3 is 10.1 Å². The molecule has 0 saturated heterocycles. The van der Waals surface area contributed by atoms with E-state index < -0.39 is 0 Å². The van der Waals surface area contributed by atoms with Crippen molar-refractivity contribution in [2.45, 2.75) is 39.3 Å². The molecule has 2 heterocycles. The van der Waals surface area contributed by atoms with Gasteiger partial charge in [0.2, 0.25) is 0 Å². The Labute approximate surface area is 126 Å². The van der Waals surface area contributed by atoms with Gasteiger partial charge in [0.05, 0.1) is 6.61 Å². The molecule has 0 aliphatic carbocycles. The third-order valence-corrected chi connectivity index (χ3v) is 3.01. The van der Waals surface area contributed by atoms with E-state index in [0.717, 1.165) is 30.0 Å². The molecular formula is C17H23N3O. The highest BCUT2D eigenvalue weighted by Gasteiger charge is 2.11. The number of nitrogens with one attached hydrogen (secondary N) is 1. The number of pyridine rings is 2. The molecule has 0 spiro atoms. The van der Waals surface area contributed by atoms with Gasteiger partial charge in [-0.2, -0.15) is 0 Å². The van der Waals surface area contributed by atoms with Crippen LogP contribution in [0.25, 0.3) is 0 Å². The molecule has 2 aromatic rings. The molecule has 21 heavy (non-hydrogen) atoms. The lowest BCUT2D eigenvalue weighted by Crippen LogP contribution is -2.35. The lowest BCUT2D eigenvalue weighted by Gasteiger charge is -2.21. The monoisotopic (exact) mass is 285 g/mol. The van der Waals surface area contributed by atoms with Gasteiger partial charge in [0.1, 0.15) is 5.75 Å². The number of nitrogens with zero attached hydrogens (tertiary/aromatic N) is 2. The Kier molecular flexibility index (Phi) is 5.28. The molecule has 1 N–H and O–H groups in total. The second-order valence-corrected chi connectivity index (χ2v) is 6.01. The van der Waals surface area contributed by atoms with Crippen molar-refractivity contribution < 1.29 is 4.74 Å². The number of ether oxygens (including phenoxy) is 1. The summed E-state index contributed by atoms with van der Waals surface area (Å²) in [5, 5.41) is 3.45. The standard InChI is InChI=1S/C17H23N3O/c1-17(2,3)20-13-14-12-18-10-7-16(14)21-11-8-15-6-4-5-9-19-15/h4-7,9-10,12,20H,8,11,13H2,1-3H3. The first kappa shape index (κ1) is 15.4. The van der Waals surface area contributed by atoms with Crippen molar-refractivity contribution in [1.82, 2.24) is 15.3 Å². The Bertz CT molecular complexity index is 549. The van der Waals surface area contributed by atoms with Crippen molar-refractivity contribution in [3.8, 4) is 5.75 Å². The number of hydrogen-bond acceptors (Lipinski definition) is 4. The molecule has 0 unspecified atom stereocenters. The van der Waals surface area contributed by atoms with Gasteiger partial charge in [-0.3, -0.25) is 9.97 Å². The molecule has 0 saturated carbocycles. The highest BCUT2D eigenvalue weighted by molar-refractivity contribution is 5.30. The summed E-state index contributed by atoms with van der Waals surface area (Å²) >= 11 is 0. The van der Waals surface area contributed by atoms with Gasteiger partial charge >= 0.3 is 0 Å². The largest absolute Gasteiger partial charge is 0.493 e. The summed E-state index contributed by atoms with van der Waals surface area (Å²) in [6.45, 7) is 7.79. The van der Waals surface area contributed by atoms with Crippen molar-refractivity contribution in [1.29, 1.82) is 0 Å². The fourth-order valence-corrected chi connectivity index (χ4v) is 1.86. The van der Waals surface area contributed by atoms with Crippen LogP contribution in [0, 0.1) is 0 Å². The van der Waals surface area contributed by atoms with Crippen LogP contribution >= 0.6 is 0 Å². The van der Waals surface area contributed by atoms with Crippen molar-refractivity contribution >= 4 is 0 Å². The molecule has 0 aromatic carbocycles. The molecule has 0 aliphatic heterocycles. The van der Waals surface area contributed by atoms with Gasteiger partial charge in [0, 0.05) is 48.4 Å². The Morgan fingerprint density at radius 3 is 2.71 bits per heavy atom. The predicted molar refractivity (Wildman–Crippen MR) is 84.3 cm³/mol. The highest BCUT2D eigenvalue weighted by Crippen LogP contribution is 2.17. The highest BCUT2D eigenvalue weighted by atomic mass is 16.5. The van der Waals surface area contributed by atoms with E-state index in [0.29, 0.717) is 6.61 Å². The van der Waals surface area contributed by atoms with Crippen molar-refractivity contribution in [3.63, 3.8) is 0 Å². The summed E-state index contributed by atoms with van der Waals surface area (Å²) in [5.74, 6) is 0.887. The minimum Gasteiger partial charge on any atom is -0.493 e. The number of hydrogen-bond donors (Lipinski definition) is 1. The summed E-state index contributed by atoms with van der Waals surface area (Å²) in [6.07, 6.45) is 6.22. The van der Waals surface area contributed by atoms with Crippen LogP contribution in [0.1, 0.15) is 32.0 Å². The van der Waals surface area contributed by atoms with E-state index in [-0.39, 0.29) is 5.54 Å².